The van der Waals surface area contributed by atoms with E-state index in [1.807, 2.05) is 0 Å². The molecule has 1 aliphatic rings. The van der Waals surface area contributed by atoms with Gasteiger partial charge in [-0.3, -0.25) is 4.79 Å². The van der Waals surface area contributed by atoms with Gasteiger partial charge in [0.2, 0.25) is 15.9 Å². The zero-order valence-electron chi connectivity index (χ0n) is 16.1. The number of carbonyl (C=O) groups excluding carboxylic acids is 1. The maximum Gasteiger partial charge on any atom is 0.247 e. The number of hydrogen-bond donors (Lipinski definition) is 2. The van der Waals surface area contributed by atoms with Gasteiger partial charge in [0.25, 0.3) is 0 Å². The quantitative estimate of drug-likeness (QED) is 0.764. The highest BCUT2D eigenvalue weighted by atomic mass is 32.2. The monoisotopic (exact) mass is 406 g/mol. The first kappa shape index (κ1) is 20.3. The number of hydrogen-bond acceptors (Lipinski definition) is 6. The number of amides is 1. The lowest BCUT2D eigenvalue weighted by Crippen LogP contribution is -2.32. The van der Waals surface area contributed by atoms with E-state index in [1.165, 1.54) is 0 Å². The average Bonchev–Trinajstić information content (AvgIpc) is 2.91. The highest BCUT2D eigenvalue weighted by Gasteiger charge is 2.25. The molecule has 0 radical (unpaired) electrons. The number of rotatable bonds is 6. The normalized spacial score (nSPS) is 16.9. The van der Waals surface area contributed by atoms with Crippen molar-refractivity contribution >= 4 is 27.4 Å². The van der Waals surface area contributed by atoms with Crippen LogP contribution in [0.1, 0.15) is 38.4 Å². The zero-order valence-corrected chi connectivity index (χ0v) is 17.0. The van der Waals surface area contributed by atoms with Gasteiger partial charge in [-0.05, 0) is 51.0 Å². The number of anilines is 2. The molecular weight excluding hydrogens is 380 g/mol. The minimum atomic E-state index is -3.48. The van der Waals surface area contributed by atoms with Gasteiger partial charge in [0.15, 0.2) is 5.82 Å². The molecule has 1 saturated heterocycles. The first-order valence-electron chi connectivity index (χ1n) is 9.47. The summed E-state index contributed by atoms with van der Waals surface area (Å²) in [6.45, 7) is 4.60. The minimum Gasteiger partial charge on any atom is -0.374 e. The van der Waals surface area contributed by atoms with Crippen molar-refractivity contribution in [3.63, 3.8) is 0 Å². The Morgan fingerprint density at radius 1 is 1.14 bits per heavy atom. The summed E-state index contributed by atoms with van der Waals surface area (Å²) in [4.78, 5) is 12.5. The molecule has 1 atom stereocenters. The Morgan fingerprint density at radius 2 is 1.79 bits per heavy atom. The predicted octanol–water partition coefficient (Wildman–Crippen LogP) is 2.99. The third kappa shape index (κ3) is 4.90. The van der Waals surface area contributed by atoms with Gasteiger partial charge in [0.1, 0.15) is 11.8 Å². The van der Waals surface area contributed by atoms with Crippen LogP contribution in [0.3, 0.4) is 0 Å². The number of nitrogens with zero attached hydrogens (tertiary/aromatic N) is 2. The molecule has 0 saturated carbocycles. The lowest BCUT2D eigenvalue weighted by molar-refractivity contribution is -0.116. The Hall–Kier alpha value is -2.39. The third-order valence-electron chi connectivity index (χ3n) is 4.71. The molecule has 2 heterocycles. The van der Waals surface area contributed by atoms with E-state index in [9.17, 15) is 13.2 Å². The molecule has 3 rings (SSSR count). The number of benzene rings is 1. The van der Waals surface area contributed by atoms with Crippen LogP contribution in [0.2, 0.25) is 0 Å². The lowest BCUT2D eigenvalue weighted by atomic mass is 10.2. The molecule has 1 aliphatic heterocycles. The second kappa shape index (κ2) is 8.74. The molecule has 152 valence electrons. The number of aromatic nitrogens is 1. The summed E-state index contributed by atoms with van der Waals surface area (Å²) >= 11 is 0. The van der Waals surface area contributed by atoms with E-state index >= 15 is 0 Å². The number of sulfonamides is 1. The van der Waals surface area contributed by atoms with Crippen LogP contribution < -0.4 is 10.6 Å². The fourth-order valence-corrected chi connectivity index (χ4v) is 4.65. The van der Waals surface area contributed by atoms with Gasteiger partial charge in [-0.2, -0.15) is 4.31 Å². The second-order valence-electron chi connectivity index (χ2n) is 7.02. The molecule has 0 unspecified atom stereocenters. The SMILES string of the molecule is Cc1cc(NC(=O)[C@H](C)Nc2ccc(S(=O)(=O)N3CCCCCC3)cc2)no1. The van der Waals surface area contributed by atoms with Gasteiger partial charge in [0, 0.05) is 24.8 Å². The topological polar surface area (TPSA) is 105 Å². The summed E-state index contributed by atoms with van der Waals surface area (Å²) in [7, 11) is -3.48. The molecule has 9 heteroatoms. The van der Waals surface area contributed by atoms with E-state index in [0.717, 1.165) is 25.7 Å². The maximum atomic E-state index is 12.8. The third-order valence-corrected chi connectivity index (χ3v) is 6.63. The van der Waals surface area contributed by atoms with Crippen molar-refractivity contribution in [2.24, 2.45) is 0 Å². The van der Waals surface area contributed by atoms with Crippen molar-refractivity contribution in [1.82, 2.24) is 9.46 Å². The van der Waals surface area contributed by atoms with Gasteiger partial charge < -0.3 is 15.2 Å². The van der Waals surface area contributed by atoms with Crippen molar-refractivity contribution in [2.45, 2.75) is 50.5 Å². The van der Waals surface area contributed by atoms with E-state index in [0.29, 0.717) is 30.4 Å². The van der Waals surface area contributed by atoms with E-state index in [-0.39, 0.29) is 10.8 Å². The van der Waals surface area contributed by atoms with Crippen molar-refractivity contribution < 1.29 is 17.7 Å². The summed E-state index contributed by atoms with van der Waals surface area (Å²) in [5, 5.41) is 9.45. The fourth-order valence-electron chi connectivity index (χ4n) is 3.13. The molecule has 1 amide bonds. The highest BCUT2D eigenvalue weighted by Crippen LogP contribution is 2.22. The Morgan fingerprint density at radius 3 is 2.36 bits per heavy atom. The standard InChI is InChI=1S/C19H26N4O4S/c1-14-13-18(22-27-14)21-19(24)15(2)20-16-7-9-17(10-8-16)28(25,26)23-11-5-3-4-6-12-23/h7-10,13,15,20H,3-6,11-12H2,1-2H3,(H,21,22,24)/t15-/m0/s1. The summed E-state index contributed by atoms with van der Waals surface area (Å²) in [6.07, 6.45) is 3.94. The fraction of sp³-hybridized carbons (Fsp3) is 0.474. The highest BCUT2D eigenvalue weighted by molar-refractivity contribution is 7.89. The average molecular weight is 407 g/mol. The summed E-state index contributed by atoms with van der Waals surface area (Å²) in [5.41, 5.74) is 0.661. The maximum absolute atomic E-state index is 12.8. The largest absolute Gasteiger partial charge is 0.374 e. The molecule has 28 heavy (non-hydrogen) atoms. The first-order chi connectivity index (χ1) is 13.4. The Balaban J connectivity index is 1.62. The van der Waals surface area contributed by atoms with Gasteiger partial charge in [-0.15, -0.1) is 0 Å². The molecule has 0 aliphatic carbocycles. The van der Waals surface area contributed by atoms with Crippen LogP contribution in [-0.4, -0.2) is 42.9 Å². The van der Waals surface area contributed by atoms with Gasteiger partial charge in [0.05, 0.1) is 4.90 Å². The Bertz CT molecular complexity index is 900. The van der Waals surface area contributed by atoms with Crippen molar-refractivity contribution in [3.8, 4) is 0 Å². The van der Waals surface area contributed by atoms with Crippen molar-refractivity contribution in [2.75, 3.05) is 23.7 Å². The smallest absolute Gasteiger partial charge is 0.247 e. The minimum absolute atomic E-state index is 0.269. The number of carbonyl (C=O) groups is 1. The predicted molar refractivity (Wildman–Crippen MR) is 107 cm³/mol. The molecule has 1 aromatic carbocycles. The summed E-state index contributed by atoms with van der Waals surface area (Å²) < 4.78 is 32.1. The second-order valence-corrected chi connectivity index (χ2v) is 8.96. The van der Waals surface area contributed by atoms with Crippen LogP contribution in [0.5, 0.6) is 0 Å². The summed E-state index contributed by atoms with van der Waals surface area (Å²) in [6, 6.07) is 7.60. The molecule has 1 fully saturated rings. The number of nitrogens with one attached hydrogen (secondary N) is 2. The van der Waals surface area contributed by atoms with Crippen LogP contribution in [-0.2, 0) is 14.8 Å². The summed E-state index contributed by atoms with van der Waals surface area (Å²) in [5.74, 6) is 0.696. The van der Waals surface area contributed by atoms with Gasteiger partial charge >= 0.3 is 0 Å². The van der Waals surface area contributed by atoms with Crippen LogP contribution >= 0.6 is 0 Å². The van der Waals surface area contributed by atoms with Gasteiger partial charge in [-0.1, -0.05) is 18.0 Å². The van der Waals surface area contributed by atoms with E-state index in [1.54, 1.807) is 48.5 Å². The zero-order chi connectivity index (χ0) is 20.1. The van der Waals surface area contributed by atoms with Gasteiger partial charge in [-0.25, -0.2) is 8.42 Å². The molecular formula is C19H26N4O4S. The van der Waals surface area contributed by atoms with Crippen LogP contribution in [0.25, 0.3) is 0 Å². The van der Waals surface area contributed by atoms with Crippen molar-refractivity contribution in [1.29, 1.82) is 0 Å². The molecule has 2 N–H and O–H groups in total. The molecule has 2 aromatic rings. The van der Waals surface area contributed by atoms with E-state index < -0.39 is 16.1 Å². The van der Waals surface area contributed by atoms with Crippen LogP contribution in [0, 0.1) is 6.92 Å². The number of aryl methyl sites for hydroxylation is 1. The molecule has 0 spiro atoms. The van der Waals surface area contributed by atoms with E-state index in [2.05, 4.69) is 15.8 Å². The molecule has 1 aromatic heterocycles. The van der Waals surface area contributed by atoms with Crippen molar-refractivity contribution in [3.05, 3.63) is 36.1 Å². The first-order valence-corrected chi connectivity index (χ1v) is 10.9. The van der Waals surface area contributed by atoms with E-state index in [4.69, 9.17) is 4.52 Å². The lowest BCUT2D eigenvalue weighted by Gasteiger charge is -2.20. The van der Waals surface area contributed by atoms with Crippen LogP contribution in [0.4, 0.5) is 11.5 Å². The van der Waals surface area contributed by atoms with Crippen LogP contribution in [0.15, 0.2) is 39.8 Å². The Kier molecular flexibility index (Phi) is 6.35. The Labute approximate surface area is 165 Å². The molecule has 0 bridgehead atoms. The molecule has 8 nitrogen and oxygen atoms in total.